The topological polar surface area (TPSA) is 64.5 Å². The van der Waals surface area contributed by atoms with E-state index in [1.807, 2.05) is 59.4 Å². The molecule has 0 unspecified atom stereocenters. The van der Waals surface area contributed by atoms with Gasteiger partial charge in [-0.05, 0) is 30.0 Å². The van der Waals surface area contributed by atoms with Crippen LogP contribution in [-0.2, 0) is 6.54 Å². The number of carbonyl (C=O) groups excluding carboxylic acids is 1. The van der Waals surface area contributed by atoms with Crippen LogP contribution in [0.3, 0.4) is 0 Å². The Labute approximate surface area is 161 Å². The van der Waals surface area contributed by atoms with Crippen LogP contribution in [0.1, 0.15) is 17.3 Å². The molecule has 0 bridgehead atoms. The fraction of sp³-hybridized carbons (Fsp3) is 0.200. The quantitative estimate of drug-likeness (QED) is 0.493. The van der Waals surface area contributed by atoms with Gasteiger partial charge in [0, 0.05) is 36.4 Å². The van der Waals surface area contributed by atoms with Crippen LogP contribution < -0.4 is 5.32 Å². The summed E-state index contributed by atoms with van der Waals surface area (Å²) in [5.74, 6) is 1.63. The van der Waals surface area contributed by atoms with Crippen molar-refractivity contribution >= 4 is 23.3 Å². The van der Waals surface area contributed by atoms with Crippen molar-refractivity contribution in [3.63, 3.8) is 0 Å². The molecule has 0 aliphatic rings. The van der Waals surface area contributed by atoms with Gasteiger partial charge in [-0.15, -0.1) is 11.8 Å². The number of hydrogen-bond acceptors (Lipinski definition) is 4. The number of amides is 1. The molecule has 0 aliphatic heterocycles. The van der Waals surface area contributed by atoms with E-state index in [1.54, 1.807) is 18.0 Å². The first-order chi connectivity index (χ1) is 13.3. The van der Waals surface area contributed by atoms with Crippen LogP contribution in [0.4, 0.5) is 0 Å². The van der Waals surface area contributed by atoms with Crippen molar-refractivity contribution < 1.29 is 9.21 Å². The zero-order valence-corrected chi connectivity index (χ0v) is 15.8. The summed E-state index contributed by atoms with van der Waals surface area (Å²) in [5.41, 5.74) is 2.47. The molecule has 27 heavy (non-hydrogen) atoms. The van der Waals surface area contributed by atoms with Gasteiger partial charge >= 0.3 is 0 Å². The zero-order valence-electron chi connectivity index (χ0n) is 15.0. The third kappa shape index (κ3) is 3.64. The Morgan fingerprint density at radius 1 is 1.22 bits per heavy atom. The Bertz CT molecular complexity index is 1050. The summed E-state index contributed by atoms with van der Waals surface area (Å²) in [6.45, 7) is 3.28. The predicted molar refractivity (Wildman–Crippen MR) is 106 cm³/mol. The molecular formula is C20H20N4O2S. The maximum absolute atomic E-state index is 12.5. The Kier molecular flexibility index (Phi) is 5.02. The molecule has 0 saturated carbocycles. The molecule has 1 aromatic carbocycles. The lowest BCUT2D eigenvalue weighted by molar-refractivity contribution is 0.0949. The van der Waals surface area contributed by atoms with Gasteiger partial charge in [0.1, 0.15) is 11.3 Å². The van der Waals surface area contributed by atoms with E-state index in [4.69, 9.17) is 4.42 Å². The van der Waals surface area contributed by atoms with E-state index in [0.29, 0.717) is 13.1 Å². The second-order valence-electron chi connectivity index (χ2n) is 5.99. The molecular weight excluding hydrogens is 360 g/mol. The van der Waals surface area contributed by atoms with Crippen molar-refractivity contribution in [3.8, 4) is 11.5 Å². The minimum Gasteiger partial charge on any atom is -0.463 e. The monoisotopic (exact) mass is 380 g/mol. The van der Waals surface area contributed by atoms with Crippen molar-refractivity contribution in [1.82, 2.24) is 19.5 Å². The summed E-state index contributed by atoms with van der Waals surface area (Å²) in [4.78, 5) is 13.5. The fourth-order valence-corrected chi connectivity index (χ4v) is 3.79. The van der Waals surface area contributed by atoms with Gasteiger partial charge < -0.3 is 14.3 Å². The normalized spacial score (nSPS) is 11.1. The molecule has 1 amide bonds. The third-order valence-electron chi connectivity index (χ3n) is 4.24. The minimum absolute atomic E-state index is 0.0421. The summed E-state index contributed by atoms with van der Waals surface area (Å²) in [5, 5.41) is 7.52. The van der Waals surface area contributed by atoms with Crippen LogP contribution in [0.25, 0.3) is 17.1 Å². The average Bonchev–Trinajstić information content (AvgIpc) is 3.40. The van der Waals surface area contributed by atoms with Gasteiger partial charge in [0.15, 0.2) is 5.76 Å². The Hall–Kier alpha value is -2.93. The first-order valence-electron chi connectivity index (χ1n) is 8.84. The van der Waals surface area contributed by atoms with Crippen molar-refractivity contribution in [3.05, 3.63) is 66.7 Å². The maximum atomic E-state index is 12.5. The van der Waals surface area contributed by atoms with Gasteiger partial charge in [-0.3, -0.25) is 4.79 Å². The Balaban J connectivity index is 1.43. The van der Waals surface area contributed by atoms with Crippen LogP contribution in [-0.4, -0.2) is 32.4 Å². The predicted octanol–water partition coefficient (Wildman–Crippen LogP) is 3.94. The lowest BCUT2D eigenvalue weighted by Gasteiger charge is -2.09. The highest BCUT2D eigenvalue weighted by atomic mass is 32.2. The number of aromatic nitrogens is 3. The van der Waals surface area contributed by atoms with Crippen LogP contribution in [0, 0.1) is 0 Å². The molecule has 6 nitrogen and oxygen atoms in total. The van der Waals surface area contributed by atoms with Crippen LogP contribution in [0.5, 0.6) is 0 Å². The SMILES string of the molecule is CCSc1ccccc1C(=O)NCCn1ccn2nc(-c3ccco3)cc12. The smallest absolute Gasteiger partial charge is 0.252 e. The van der Waals surface area contributed by atoms with E-state index < -0.39 is 0 Å². The van der Waals surface area contributed by atoms with E-state index in [0.717, 1.165) is 33.3 Å². The van der Waals surface area contributed by atoms with E-state index >= 15 is 0 Å². The average molecular weight is 380 g/mol. The number of benzene rings is 1. The molecule has 4 rings (SSSR count). The molecule has 0 radical (unpaired) electrons. The number of imidazole rings is 1. The minimum atomic E-state index is -0.0421. The largest absolute Gasteiger partial charge is 0.463 e. The molecule has 0 atom stereocenters. The first-order valence-corrected chi connectivity index (χ1v) is 9.83. The van der Waals surface area contributed by atoms with Crippen molar-refractivity contribution in [2.45, 2.75) is 18.4 Å². The molecule has 7 heteroatoms. The van der Waals surface area contributed by atoms with Crippen molar-refractivity contribution in [2.75, 3.05) is 12.3 Å². The van der Waals surface area contributed by atoms with Crippen molar-refractivity contribution in [2.24, 2.45) is 0 Å². The number of rotatable bonds is 7. The van der Waals surface area contributed by atoms with Crippen LogP contribution in [0.15, 0.2) is 70.4 Å². The third-order valence-corrected chi connectivity index (χ3v) is 5.20. The molecule has 0 aliphatic carbocycles. The summed E-state index contributed by atoms with van der Waals surface area (Å²) in [6.07, 6.45) is 5.50. The second kappa shape index (κ2) is 7.75. The Morgan fingerprint density at radius 3 is 2.93 bits per heavy atom. The van der Waals surface area contributed by atoms with Crippen LogP contribution in [0.2, 0.25) is 0 Å². The molecule has 138 valence electrons. The van der Waals surface area contributed by atoms with Gasteiger partial charge in [-0.2, -0.15) is 5.10 Å². The number of fused-ring (bicyclic) bond motifs is 1. The van der Waals surface area contributed by atoms with E-state index in [1.165, 1.54) is 0 Å². The summed E-state index contributed by atoms with van der Waals surface area (Å²) in [6, 6.07) is 13.4. The summed E-state index contributed by atoms with van der Waals surface area (Å²) in [7, 11) is 0. The molecule has 0 spiro atoms. The van der Waals surface area contributed by atoms with Gasteiger partial charge in [-0.25, -0.2) is 4.52 Å². The molecule has 3 heterocycles. The summed E-state index contributed by atoms with van der Waals surface area (Å²) >= 11 is 1.68. The standard InChI is InChI=1S/C20H20N4O2S/c1-2-27-18-8-4-3-6-15(18)20(25)21-9-10-23-11-12-24-19(23)14-16(22-24)17-7-5-13-26-17/h3-8,11-14H,2,9-10H2,1H3,(H,21,25). The number of carbonyl (C=O) groups is 1. The molecule has 0 saturated heterocycles. The highest BCUT2D eigenvalue weighted by Gasteiger charge is 2.12. The molecule has 0 fully saturated rings. The lowest BCUT2D eigenvalue weighted by atomic mass is 10.2. The molecule has 3 aromatic heterocycles. The maximum Gasteiger partial charge on any atom is 0.252 e. The lowest BCUT2D eigenvalue weighted by Crippen LogP contribution is -2.27. The number of hydrogen-bond donors (Lipinski definition) is 1. The highest BCUT2D eigenvalue weighted by Crippen LogP contribution is 2.22. The molecule has 4 aromatic rings. The zero-order chi connectivity index (χ0) is 18.6. The molecule has 1 N–H and O–H groups in total. The van der Waals surface area contributed by atoms with Gasteiger partial charge in [0.25, 0.3) is 5.91 Å². The van der Waals surface area contributed by atoms with Crippen LogP contribution >= 0.6 is 11.8 Å². The van der Waals surface area contributed by atoms with Gasteiger partial charge in [0.2, 0.25) is 0 Å². The number of nitrogens with zero attached hydrogens (tertiary/aromatic N) is 3. The van der Waals surface area contributed by atoms with Crippen molar-refractivity contribution in [1.29, 1.82) is 0 Å². The van der Waals surface area contributed by atoms with E-state index in [2.05, 4.69) is 21.9 Å². The Morgan fingerprint density at radius 2 is 2.11 bits per heavy atom. The highest BCUT2D eigenvalue weighted by molar-refractivity contribution is 7.99. The second-order valence-corrected chi connectivity index (χ2v) is 7.29. The number of thioether (sulfide) groups is 1. The summed E-state index contributed by atoms with van der Waals surface area (Å²) < 4.78 is 9.28. The van der Waals surface area contributed by atoms with E-state index in [-0.39, 0.29) is 5.91 Å². The number of nitrogens with one attached hydrogen (secondary N) is 1. The first kappa shape index (κ1) is 17.5. The van der Waals surface area contributed by atoms with E-state index in [9.17, 15) is 4.79 Å². The van der Waals surface area contributed by atoms with Gasteiger partial charge in [0.05, 0.1) is 11.8 Å². The number of furan rings is 1. The van der Waals surface area contributed by atoms with Gasteiger partial charge in [-0.1, -0.05) is 19.1 Å². The fourth-order valence-electron chi connectivity index (χ4n) is 2.98.